The number of hydrogen-bond acceptors (Lipinski definition) is 11. The fourth-order valence-corrected chi connectivity index (χ4v) is 16.0. The molecule has 2 spiro atoms. The molecule has 11 nitrogen and oxygen atoms in total. The third-order valence-corrected chi connectivity index (χ3v) is 19.0. The summed E-state index contributed by atoms with van der Waals surface area (Å²) in [6.07, 6.45) is 15.6. The number of aliphatic hydroxyl groups is 6. The van der Waals surface area contributed by atoms with Gasteiger partial charge in [0.1, 0.15) is 5.60 Å². The zero-order chi connectivity index (χ0) is 43.2. The van der Waals surface area contributed by atoms with Crippen molar-refractivity contribution in [1.29, 1.82) is 0 Å². The first-order valence-corrected chi connectivity index (χ1v) is 24.3. The zero-order valence-electron chi connectivity index (χ0n) is 37.0. The summed E-state index contributed by atoms with van der Waals surface area (Å²) in [5.41, 5.74) is 0.179. The predicted octanol–water partition coefficient (Wildman–Crippen LogP) is 4.77. The van der Waals surface area contributed by atoms with Gasteiger partial charge < -0.3 is 51.7 Å². The Morgan fingerprint density at radius 3 is 2.52 bits per heavy atom. The Morgan fingerprint density at radius 2 is 1.77 bits per heavy atom. The average molecular weight is 846 g/mol. The van der Waals surface area contributed by atoms with Gasteiger partial charge in [-0.05, 0) is 144 Å². The smallest absolute Gasteiger partial charge is 0.186 e. The summed E-state index contributed by atoms with van der Waals surface area (Å²) in [6, 6.07) is 0. The van der Waals surface area contributed by atoms with E-state index in [1.165, 1.54) is 19.3 Å². The average Bonchev–Trinajstić information content (AvgIpc) is 3.59. The minimum Gasteiger partial charge on any atom is -0.392 e. The van der Waals surface area contributed by atoms with E-state index in [0.717, 1.165) is 44.1 Å². The van der Waals surface area contributed by atoms with Crippen molar-refractivity contribution in [2.75, 3.05) is 6.54 Å². The van der Waals surface area contributed by atoms with Crippen molar-refractivity contribution >= 4 is 5.78 Å². The molecule has 338 valence electrons. The van der Waals surface area contributed by atoms with Crippen LogP contribution in [0.15, 0.2) is 35.2 Å². The number of ketones is 1. The van der Waals surface area contributed by atoms with Crippen LogP contribution in [0, 0.1) is 57.7 Å². The minimum absolute atomic E-state index is 0.0427. The fourth-order valence-electron chi connectivity index (χ4n) is 16.0. The van der Waals surface area contributed by atoms with Crippen LogP contribution in [-0.2, 0) is 9.53 Å². The lowest BCUT2D eigenvalue weighted by atomic mass is 9.37. The van der Waals surface area contributed by atoms with Gasteiger partial charge in [-0.2, -0.15) is 0 Å². The first-order chi connectivity index (χ1) is 29.1. The molecule has 1 unspecified atom stereocenters. The second-order valence-electron chi connectivity index (χ2n) is 21.9. The molecule has 0 amide bonds. The largest absolute Gasteiger partial charge is 0.392 e. The summed E-state index contributed by atoms with van der Waals surface area (Å²) in [7, 11) is 0. The maximum absolute atomic E-state index is 15.8. The maximum atomic E-state index is 15.8. The third-order valence-electron chi connectivity index (χ3n) is 19.0. The van der Waals surface area contributed by atoms with Crippen molar-refractivity contribution in [1.82, 2.24) is 10.6 Å². The Bertz CT molecular complexity index is 1870. The van der Waals surface area contributed by atoms with Gasteiger partial charge in [0.05, 0.1) is 59.0 Å². The van der Waals surface area contributed by atoms with Crippen molar-refractivity contribution in [3.8, 4) is 11.8 Å². The lowest BCUT2D eigenvalue weighted by molar-refractivity contribution is -0.255. The number of fused-ring (bicyclic) bond motifs is 7. The summed E-state index contributed by atoms with van der Waals surface area (Å²) in [5.74, 6) is 7.03. The van der Waals surface area contributed by atoms with Crippen LogP contribution in [0.2, 0.25) is 0 Å². The van der Waals surface area contributed by atoms with Crippen LogP contribution in [0.1, 0.15) is 149 Å². The maximum Gasteiger partial charge on any atom is 0.186 e. The molecule has 0 aromatic carbocycles. The van der Waals surface area contributed by atoms with Gasteiger partial charge in [0.15, 0.2) is 5.78 Å². The zero-order valence-corrected chi connectivity index (χ0v) is 37.0. The second kappa shape index (κ2) is 16.0. The quantitative estimate of drug-likeness (QED) is 0.137. The van der Waals surface area contributed by atoms with Crippen LogP contribution in [0.3, 0.4) is 0 Å². The Kier molecular flexibility index (Phi) is 11.5. The number of Topliss-reactive ketones (excluding diaryl/α,β-unsaturated/α-hetero) is 1. The highest BCUT2D eigenvalue weighted by molar-refractivity contribution is 6.03. The molecule has 0 aromatic rings. The van der Waals surface area contributed by atoms with E-state index in [0.29, 0.717) is 61.6 Å². The Labute approximate surface area is 363 Å². The highest BCUT2D eigenvalue weighted by Gasteiger charge is 2.77. The first kappa shape index (κ1) is 44.0. The van der Waals surface area contributed by atoms with Crippen molar-refractivity contribution in [3.63, 3.8) is 0 Å². The monoisotopic (exact) mass is 846 g/mol. The molecule has 6 fully saturated rings. The summed E-state index contributed by atoms with van der Waals surface area (Å²) in [6.45, 7) is 5.84. The number of hydrogen-bond donors (Lipinski definition) is 9. The van der Waals surface area contributed by atoms with Crippen LogP contribution in [-0.4, -0.2) is 96.5 Å². The van der Waals surface area contributed by atoms with Crippen LogP contribution in [0.5, 0.6) is 0 Å². The van der Waals surface area contributed by atoms with Crippen molar-refractivity contribution in [2.24, 2.45) is 51.6 Å². The Balaban J connectivity index is 1.15. The van der Waals surface area contributed by atoms with Gasteiger partial charge in [0.2, 0.25) is 0 Å². The van der Waals surface area contributed by atoms with E-state index in [1.807, 2.05) is 25.3 Å². The molecular formula is C50H75N3O8. The molecule has 10 N–H and O–H groups in total. The molecular weight excluding hydrogens is 771 g/mol. The molecule has 4 bridgehead atoms. The van der Waals surface area contributed by atoms with Crippen LogP contribution < -0.4 is 16.4 Å². The topological polar surface area (TPSA) is 198 Å². The minimum atomic E-state index is -1.66. The number of allylic oxidation sites excluding steroid dienone is 3. The third kappa shape index (κ3) is 6.53. The summed E-state index contributed by atoms with van der Waals surface area (Å²) < 4.78 is 7.09. The fraction of sp³-hybridized carbons (Fsp3) is 0.820. The van der Waals surface area contributed by atoms with E-state index in [2.05, 4.69) is 29.4 Å². The summed E-state index contributed by atoms with van der Waals surface area (Å²) in [4.78, 5) is 15.8. The SMILES string of the molecule is CCC[C@H]1CC[C@H]2[C@@H]3CCCC[C@](O)([C@](C)(O)[C@H]4CC[C@@]5(O)C6=C(NC[C@H](C)O)C(=O)[C@@]78CC#CC[C@@]45CC[C@@H]6[C@@]7(CCC4=CNC(N)C=C4)C[C@H](O)[C@H](O)C8)[C@@H]3O[C@@H]2CC1. The highest BCUT2D eigenvalue weighted by Crippen LogP contribution is 2.75. The van der Waals surface area contributed by atoms with Gasteiger partial charge in [-0.3, -0.25) is 4.79 Å². The summed E-state index contributed by atoms with van der Waals surface area (Å²) in [5, 5.41) is 81.3. The standard InChI is InChI=1S/C50H75N3O8/c1-4-9-31-11-14-33-34-10-5-6-22-50(60,44(34)61-38(33)15-12-31)45(3,58)39-19-25-49(59)41-35-18-24-46(39,49)20-7-8-21-48(43(57)42(41)53-28-30(2)54)27-37(56)36(55)26-47(35,48)23-17-32-13-16-40(51)52-29-32/h13,16,29-31,33-40,44,52-56,58-60H,4-6,9-12,14-15,17-28,51H2,1-3H3/t30-,31-,33-,34-,35-,36-,37+,38+,39+,40?,44+,45+,46+,47+,48-,49+,50+/m0/s1. The molecule has 8 aliphatic carbocycles. The number of rotatable bonds is 10. The van der Waals surface area contributed by atoms with E-state index in [-0.39, 0.29) is 68.5 Å². The molecule has 0 aromatic heterocycles. The molecule has 10 aliphatic rings. The number of nitrogens with one attached hydrogen (secondary N) is 2. The highest BCUT2D eigenvalue weighted by atomic mass is 16.5. The number of ether oxygens (including phenoxy) is 1. The number of nitrogens with two attached hydrogens (primary N) is 1. The number of carbonyl (C=O) groups is 1. The normalized spacial score (nSPS) is 47.9. The van der Waals surface area contributed by atoms with Crippen molar-refractivity contribution < 1.29 is 40.2 Å². The molecule has 0 radical (unpaired) electrons. The van der Waals surface area contributed by atoms with Crippen LogP contribution >= 0.6 is 0 Å². The first-order valence-electron chi connectivity index (χ1n) is 24.3. The molecule has 2 aliphatic heterocycles. The van der Waals surface area contributed by atoms with Crippen molar-refractivity contribution in [3.05, 3.63) is 35.2 Å². The van der Waals surface area contributed by atoms with E-state index in [9.17, 15) is 30.6 Å². The summed E-state index contributed by atoms with van der Waals surface area (Å²) >= 11 is 0. The number of dihydropyridines is 1. The van der Waals surface area contributed by atoms with Gasteiger partial charge in [-0.1, -0.05) is 45.1 Å². The molecule has 17 atom stereocenters. The second-order valence-corrected chi connectivity index (χ2v) is 21.9. The molecule has 61 heavy (non-hydrogen) atoms. The molecule has 1 saturated heterocycles. The van der Waals surface area contributed by atoms with Gasteiger partial charge >= 0.3 is 0 Å². The lowest BCUT2D eigenvalue weighted by Crippen LogP contribution is -2.71. The Hall–Kier alpha value is -2.27. The van der Waals surface area contributed by atoms with Crippen molar-refractivity contribution in [2.45, 2.75) is 203 Å². The number of carbonyl (C=O) groups excluding carboxylic acids is 1. The molecule has 10 rings (SSSR count). The lowest BCUT2D eigenvalue weighted by Gasteiger charge is -2.67. The predicted molar refractivity (Wildman–Crippen MR) is 232 cm³/mol. The number of aliphatic hydroxyl groups excluding tert-OH is 3. The van der Waals surface area contributed by atoms with Crippen LogP contribution in [0.25, 0.3) is 0 Å². The van der Waals surface area contributed by atoms with Gasteiger partial charge in [-0.25, -0.2) is 0 Å². The van der Waals surface area contributed by atoms with Gasteiger partial charge in [0, 0.05) is 36.9 Å². The Morgan fingerprint density at radius 1 is 1.00 bits per heavy atom. The molecule has 11 heteroatoms. The van der Waals surface area contributed by atoms with Crippen LogP contribution in [0.4, 0.5) is 0 Å². The van der Waals surface area contributed by atoms with Gasteiger partial charge in [0.25, 0.3) is 0 Å². The van der Waals surface area contributed by atoms with Gasteiger partial charge in [-0.15, -0.1) is 11.8 Å². The molecule has 2 heterocycles. The van der Waals surface area contributed by atoms with E-state index < -0.39 is 63.4 Å². The molecule has 5 saturated carbocycles. The van der Waals surface area contributed by atoms with E-state index in [4.69, 9.17) is 10.5 Å². The van der Waals surface area contributed by atoms with E-state index >= 15 is 4.79 Å². The van der Waals surface area contributed by atoms with E-state index in [1.54, 1.807) is 6.92 Å².